The third-order valence-electron chi connectivity index (χ3n) is 9.42. The van der Waals surface area contributed by atoms with Crippen molar-refractivity contribution < 1.29 is 56.1 Å². The molecular weight excluding hydrogens is 789 g/mol. The van der Waals surface area contributed by atoms with E-state index in [-0.39, 0.29) is 5.56 Å². The molecule has 0 saturated heterocycles. The van der Waals surface area contributed by atoms with Crippen LogP contribution < -0.4 is 23.7 Å². The molecule has 0 N–H and O–H groups in total. The van der Waals surface area contributed by atoms with Crippen molar-refractivity contribution in [3.63, 3.8) is 0 Å². The first-order valence-electron chi connectivity index (χ1n) is 20.9. The van der Waals surface area contributed by atoms with E-state index in [4.69, 9.17) is 47.4 Å². The fraction of sp³-hybridized carbons (Fsp3) is 0.396. The van der Waals surface area contributed by atoms with Crippen molar-refractivity contribution in [2.24, 2.45) is 0 Å². The zero-order chi connectivity index (χ0) is 42.2. The van der Waals surface area contributed by atoms with E-state index in [9.17, 15) is 8.78 Å². The quantitative estimate of drug-likeness (QED) is 0.112. The summed E-state index contributed by atoms with van der Waals surface area (Å²) in [6, 6.07) is 28.5. The fourth-order valence-corrected chi connectivity index (χ4v) is 6.24. The van der Waals surface area contributed by atoms with Gasteiger partial charge in [0.05, 0.1) is 71.8 Å². The fourth-order valence-electron chi connectivity index (χ4n) is 6.24. The molecule has 1 aromatic heterocycles. The van der Waals surface area contributed by atoms with Crippen LogP contribution in [0.1, 0.15) is 31.2 Å². The van der Waals surface area contributed by atoms with Crippen LogP contribution in [0.3, 0.4) is 0 Å². The van der Waals surface area contributed by atoms with Crippen molar-refractivity contribution in [3.05, 3.63) is 120 Å². The molecule has 0 fully saturated rings. The number of aromatic nitrogens is 1. The second kappa shape index (κ2) is 26.1. The summed E-state index contributed by atoms with van der Waals surface area (Å²) in [6.07, 6.45) is 5.58. The molecule has 11 nitrogen and oxygen atoms in total. The number of unbranched alkanes of at least 4 members (excludes halogenated alkanes) is 3. The average Bonchev–Trinajstić information content (AvgIpc) is 3.28. The molecule has 0 radical (unpaired) electrons. The summed E-state index contributed by atoms with van der Waals surface area (Å²) in [5.74, 6) is 2.12. The standard InChI is InChI=1S/C48H55F2NO10/c49-40-13-16-42(43(50)34-40)44-17-9-37(35-51-44)36-56-19-5-1-2-6-20-57-41-14-10-38(11-15-41)39-12-18-47-48(33-39)61-32-28-55-24-23-53-26-30-59-46-8-4-3-7-45(46)58-29-25-52-21-22-54-27-31-60-47/h3-4,7-18,33-35H,1-2,5-6,19-32,36H2. The maximum absolute atomic E-state index is 14.1. The van der Waals surface area contributed by atoms with Crippen LogP contribution in [-0.2, 0) is 30.3 Å². The van der Waals surface area contributed by atoms with Crippen LogP contribution in [0, 0.1) is 11.6 Å². The molecule has 4 aromatic carbocycles. The lowest BCUT2D eigenvalue weighted by atomic mass is 10.0. The molecule has 13 heteroatoms. The Morgan fingerprint density at radius 3 is 1.64 bits per heavy atom. The van der Waals surface area contributed by atoms with Gasteiger partial charge in [-0.3, -0.25) is 4.98 Å². The highest BCUT2D eigenvalue weighted by molar-refractivity contribution is 5.68. The smallest absolute Gasteiger partial charge is 0.161 e. The lowest BCUT2D eigenvalue weighted by Crippen LogP contribution is -2.15. The highest BCUT2D eigenvalue weighted by Gasteiger charge is 2.11. The minimum absolute atomic E-state index is 0.266. The van der Waals surface area contributed by atoms with Crippen LogP contribution in [0.5, 0.6) is 28.7 Å². The average molecular weight is 844 g/mol. The summed E-state index contributed by atoms with van der Waals surface area (Å²) in [4.78, 5) is 4.31. The number of rotatable bonds is 12. The highest BCUT2D eigenvalue weighted by Crippen LogP contribution is 2.34. The van der Waals surface area contributed by atoms with Gasteiger partial charge < -0.3 is 47.4 Å². The van der Waals surface area contributed by atoms with E-state index >= 15 is 0 Å². The third-order valence-corrected chi connectivity index (χ3v) is 9.42. The van der Waals surface area contributed by atoms with E-state index < -0.39 is 11.6 Å². The van der Waals surface area contributed by atoms with Crippen molar-refractivity contribution in [1.82, 2.24) is 4.98 Å². The van der Waals surface area contributed by atoms with Gasteiger partial charge in [0.1, 0.15) is 43.8 Å². The Labute approximate surface area is 356 Å². The van der Waals surface area contributed by atoms with Gasteiger partial charge in [0.15, 0.2) is 23.0 Å². The maximum Gasteiger partial charge on any atom is 0.161 e. The normalized spacial score (nSPS) is 15.0. The molecule has 1 aliphatic rings. The number of hydrogen-bond donors (Lipinski definition) is 0. The first kappa shape index (κ1) is 45.2. The Kier molecular flexibility index (Phi) is 19.4. The topological polar surface area (TPSA) is 105 Å². The molecule has 0 spiro atoms. The minimum Gasteiger partial charge on any atom is -0.494 e. The van der Waals surface area contributed by atoms with Gasteiger partial charge >= 0.3 is 0 Å². The van der Waals surface area contributed by atoms with E-state index in [0.29, 0.717) is 128 Å². The zero-order valence-corrected chi connectivity index (χ0v) is 34.5. The molecule has 0 amide bonds. The Morgan fingerprint density at radius 2 is 1.05 bits per heavy atom. The van der Waals surface area contributed by atoms with Gasteiger partial charge in [-0.15, -0.1) is 0 Å². The SMILES string of the molecule is Fc1ccc(-c2ccc(COCCCCCCOc3ccc(-c4ccc5c(c4)OCCOCCOCCOc4ccccc4OCCOCCOCCO5)cc3)cn2)c(F)c1. The van der Waals surface area contributed by atoms with Gasteiger partial charge in [-0.05, 0) is 90.6 Å². The molecule has 0 aliphatic carbocycles. The molecule has 0 unspecified atom stereocenters. The summed E-state index contributed by atoms with van der Waals surface area (Å²) in [5.41, 5.74) is 3.61. The molecule has 5 aromatic rings. The van der Waals surface area contributed by atoms with E-state index in [1.54, 1.807) is 12.3 Å². The van der Waals surface area contributed by atoms with Crippen molar-refractivity contribution in [1.29, 1.82) is 0 Å². The Morgan fingerprint density at radius 1 is 0.492 bits per heavy atom. The summed E-state index contributed by atoms with van der Waals surface area (Å²) in [7, 11) is 0. The predicted molar refractivity (Wildman–Crippen MR) is 227 cm³/mol. The van der Waals surface area contributed by atoms with Crippen molar-refractivity contribution in [2.45, 2.75) is 32.3 Å². The van der Waals surface area contributed by atoms with Crippen LogP contribution in [0.4, 0.5) is 8.78 Å². The van der Waals surface area contributed by atoms with E-state index in [2.05, 4.69) is 4.98 Å². The maximum atomic E-state index is 14.1. The van der Waals surface area contributed by atoms with E-state index in [1.165, 1.54) is 12.1 Å². The Bertz CT molecular complexity index is 2000. The molecule has 0 saturated carbocycles. The van der Waals surface area contributed by atoms with Crippen LogP contribution in [0.25, 0.3) is 22.4 Å². The number of fused-ring (bicyclic) bond motifs is 2. The lowest BCUT2D eigenvalue weighted by Gasteiger charge is -2.15. The molecule has 2 heterocycles. The first-order valence-corrected chi connectivity index (χ1v) is 20.9. The van der Waals surface area contributed by atoms with Gasteiger partial charge in [0, 0.05) is 24.4 Å². The summed E-state index contributed by atoms with van der Waals surface area (Å²) < 4.78 is 85.9. The van der Waals surface area contributed by atoms with E-state index in [1.807, 2.05) is 72.8 Å². The number of ether oxygens (including phenoxy) is 10. The van der Waals surface area contributed by atoms with Crippen molar-refractivity contribution in [3.8, 4) is 51.1 Å². The highest BCUT2D eigenvalue weighted by atomic mass is 19.1. The molecule has 6 rings (SSSR count). The van der Waals surface area contributed by atoms with Crippen molar-refractivity contribution >= 4 is 0 Å². The third kappa shape index (κ3) is 15.9. The zero-order valence-electron chi connectivity index (χ0n) is 34.5. The number of pyridine rings is 1. The number of hydrogen-bond acceptors (Lipinski definition) is 11. The lowest BCUT2D eigenvalue weighted by molar-refractivity contribution is 0.0223. The molecular formula is C48H55F2NO10. The number of para-hydroxylation sites is 2. The number of halogens is 2. The number of benzene rings is 4. The minimum atomic E-state index is -0.634. The summed E-state index contributed by atoms with van der Waals surface area (Å²) in [6.45, 7) is 6.50. The van der Waals surface area contributed by atoms with Gasteiger partial charge in [-0.2, -0.15) is 0 Å². The van der Waals surface area contributed by atoms with Crippen LogP contribution in [0.2, 0.25) is 0 Å². The van der Waals surface area contributed by atoms with Gasteiger partial charge in [0.25, 0.3) is 0 Å². The molecule has 1 aliphatic heterocycles. The van der Waals surface area contributed by atoms with Crippen LogP contribution in [0.15, 0.2) is 103 Å². The van der Waals surface area contributed by atoms with Crippen LogP contribution in [-0.4, -0.2) is 97.5 Å². The number of nitrogens with zero attached hydrogens (tertiary/aromatic N) is 1. The summed E-state index contributed by atoms with van der Waals surface area (Å²) in [5, 5.41) is 0. The Balaban J connectivity index is 0.884. The second-order valence-electron chi connectivity index (χ2n) is 14.0. The van der Waals surface area contributed by atoms with E-state index in [0.717, 1.165) is 54.2 Å². The Hall–Kier alpha value is -5.31. The second-order valence-corrected chi connectivity index (χ2v) is 14.0. The largest absolute Gasteiger partial charge is 0.494 e. The molecule has 61 heavy (non-hydrogen) atoms. The monoisotopic (exact) mass is 843 g/mol. The van der Waals surface area contributed by atoms with Gasteiger partial charge in [-0.1, -0.05) is 42.8 Å². The first-order chi connectivity index (χ1) is 30.1. The molecule has 0 bridgehead atoms. The van der Waals surface area contributed by atoms with Crippen molar-refractivity contribution in [2.75, 3.05) is 92.5 Å². The molecule has 326 valence electrons. The van der Waals surface area contributed by atoms with Gasteiger partial charge in [-0.25, -0.2) is 8.78 Å². The van der Waals surface area contributed by atoms with Crippen LogP contribution >= 0.6 is 0 Å². The molecule has 0 atom stereocenters. The summed E-state index contributed by atoms with van der Waals surface area (Å²) >= 11 is 0. The predicted octanol–water partition coefficient (Wildman–Crippen LogP) is 9.15. The van der Waals surface area contributed by atoms with Gasteiger partial charge in [0.2, 0.25) is 0 Å².